The highest BCUT2D eigenvalue weighted by molar-refractivity contribution is 5.78. The van der Waals surface area contributed by atoms with Gasteiger partial charge in [-0.3, -0.25) is 14.5 Å². The molecule has 5 nitrogen and oxygen atoms in total. The second-order valence-electron chi connectivity index (χ2n) is 6.80. The maximum atomic E-state index is 13.0. The molecule has 3 unspecified atom stereocenters. The lowest BCUT2D eigenvalue weighted by molar-refractivity contribution is -0.146. The summed E-state index contributed by atoms with van der Waals surface area (Å²) in [5.41, 5.74) is 0.864. The zero-order chi connectivity index (χ0) is 17.9. The fourth-order valence-electron chi connectivity index (χ4n) is 3.25. The maximum Gasteiger partial charge on any atom is 0.307 e. The van der Waals surface area contributed by atoms with Gasteiger partial charge in [-0.15, -0.1) is 0 Å². The Bertz CT molecular complexity index is 590. The van der Waals surface area contributed by atoms with Crippen molar-refractivity contribution in [2.75, 3.05) is 26.7 Å². The molecule has 1 saturated heterocycles. The van der Waals surface area contributed by atoms with E-state index in [1.807, 2.05) is 18.7 Å². The van der Waals surface area contributed by atoms with Crippen LogP contribution in [-0.2, 0) is 9.59 Å². The van der Waals surface area contributed by atoms with E-state index in [1.54, 1.807) is 24.1 Å². The molecule has 132 valence electrons. The van der Waals surface area contributed by atoms with Crippen LogP contribution in [-0.4, -0.2) is 53.5 Å². The molecule has 1 fully saturated rings. The number of aliphatic carboxylic acids is 1. The van der Waals surface area contributed by atoms with E-state index in [0.717, 1.165) is 12.1 Å². The maximum absolute atomic E-state index is 13.0. The quantitative estimate of drug-likeness (QED) is 0.897. The number of likely N-dealkylation sites (N-methyl/N-ethyl adjacent to an activating group) is 1. The van der Waals surface area contributed by atoms with Gasteiger partial charge in [0, 0.05) is 20.1 Å². The molecule has 0 spiro atoms. The molecule has 6 heteroatoms. The van der Waals surface area contributed by atoms with Crippen molar-refractivity contribution in [3.63, 3.8) is 0 Å². The standard InChI is InChI=1S/C18H25FN2O3/c1-12-8-15(18(23)24)10-21(9-12)11-17(22)20(3)13(2)14-4-6-16(19)7-5-14/h4-7,12-13,15H,8-11H2,1-3H3,(H,23,24). The van der Waals surface area contributed by atoms with E-state index in [4.69, 9.17) is 0 Å². The van der Waals surface area contributed by atoms with Crippen LogP contribution in [0.25, 0.3) is 0 Å². The number of benzene rings is 1. The number of piperidine rings is 1. The lowest BCUT2D eigenvalue weighted by Gasteiger charge is -2.35. The van der Waals surface area contributed by atoms with E-state index in [-0.39, 0.29) is 30.2 Å². The van der Waals surface area contributed by atoms with Crippen molar-refractivity contribution >= 4 is 11.9 Å². The van der Waals surface area contributed by atoms with Crippen molar-refractivity contribution < 1.29 is 19.1 Å². The Kier molecular flexibility index (Phi) is 5.94. The number of hydrogen-bond donors (Lipinski definition) is 1. The molecule has 0 saturated carbocycles. The average molecular weight is 336 g/mol. The van der Waals surface area contributed by atoms with Gasteiger partial charge in [-0.2, -0.15) is 0 Å². The summed E-state index contributed by atoms with van der Waals surface area (Å²) >= 11 is 0. The number of carboxylic acid groups (broad SMARTS) is 1. The summed E-state index contributed by atoms with van der Waals surface area (Å²) in [6.07, 6.45) is 0.655. The molecule has 0 bridgehead atoms. The largest absolute Gasteiger partial charge is 0.481 e. The average Bonchev–Trinajstić information content (AvgIpc) is 2.53. The van der Waals surface area contributed by atoms with Crippen molar-refractivity contribution in [1.82, 2.24) is 9.80 Å². The molecule has 1 aromatic rings. The predicted octanol–water partition coefficient (Wildman–Crippen LogP) is 2.39. The molecule has 1 N–H and O–H groups in total. The number of carbonyl (C=O) groups excluding carboxylic acids is 1. The normalized spacial score (nSPS) is 22.8. The first-order valence-corrected chi connectivity index (χ1v) is 8.24. The third-order valence-electron chi connectivity index (χ3n) is 4.77. The van der Waals surface area contributed by atoms with E-state index in [2.05, 4.69) is 0 Å². The highest BCUT2D eigenvalue weighted by Crippen LogP contribution is 2.23. The summed E-state index contributed by atoms with van der Waals surface area (Å²) in [5, 5.41) is 9.22. The van der Waals surface area contributed by atoms with Crippen molar-refractivity contribution in [1.29, 1.82) is 0 Å². The minimum Gasteiger partial charge on any atom is -0.481 e. The number of likely N-dealkylation sites (tertiary alicyclic amines) is 1. The lowest BCUT2D eigenvalue weighted by Crippen LogP contribution is -2.47. The van der Waals surface area contributed by atoms with Gasteiger partial charge in [0.05, 0.1) is 18.5 Å². The van der Waals surface area contributed by atoms with Crippen molar-refractivity contribution in [3.8, 4) is 0 Å². The molecular formula is C18H25FN2O3. The SMILES string of the molecule is CC1CC(C(=O)O)CN(CC(=O)N(C)C(C)c2ccc(F)cc2)C1. The van der Waals surface area contributed by atoms with Crippen LogP contribution >= 0.6 is 0 Å². The molecule has 1 aromatic carbocycles. The lowest BCUT2D eigenvalue weighted by atomic mass is 9.90. The Labute approximate surface area is 142 Å². The summed E-state index contributed by atoms with van der Waals surface area (Å²) in [4.78, 5) is 27.3. The second-order valence-corrected chi connectivity index (χ2v) is 6.80. The number of halogens is 1. The number of carboxylic acids is 1. The molecule has 3 atom stereocenters. The highest BCUT2D eigenvalue weighted by Gasteiger charge is 2.31. The molecule has 1 heterocycles. The molecule has 1 amide bonds. The molecule has 0 aliphatic carbocycles. The summed E-state index contributed by atoms with van der Waals surface area (Å²) in [6.45, 7) is 5.25. The Morgan fingerprint density at radius 2 is 1.96 bits per heavy atom. The minimum absolute atomic E-state index is 0.0648. The molecule has 0 radical (unpaired) electrons. The van der Waals surface area contributed by atoms with Gasteiger partial charge in [0.1, 0.15) is 5.82 Å². The second kappa shape index (κ2) is 7.75. The molecule has 2 rings (SSSR count). The van der Waals surface area contributed by atoms with Crippen LogP contribution in [0.15, 0.2) is 24.3 Å². The summed E-state index contributed by atoms with van der Waals surface area (Å²) in [6, 6.07) is 5.94. The van der Waals surface area contributed by atoms with Crippen LogP contribution in [0.5, 0.6) is 0 Å². The predicted molar refractivity (Wildman–Crippen MR) is 88.9 cm³/mol. The van der Waals surface area contributed by atoms with E-state index in [1.165, 1.54) is 12.1 Å². The highest BCUT2D eigenvalue weighted by atomic mass is 19.1. The van der Waals surface area contributed by atoms with Gasteiger partial charge in [0.25, 0.3) is 0 Å². The summed E-state index contributed by atoms with van der Waals surface area (Å²) in [7, 11) is 1.72. The van der Waals surface area contributed by atoms with E-state index in [9.17, 15) is 19.1 Å². The van der Waals surface area contributed by atoms with Crippen LogP contribution in [0.3, 0.4) is 0 Å². The van der Waals surface area contributed by atoms with Gasteiger partial charge >= 0.3 is 5.97 Å². The first-order chi connectivity index (χ1) is 11.3. The first kappa shape index (κ1) is 18.4. The van der Waals surface area contributed by atoms with Gasteiger partial charge in [0.15, 0.2) is 0 Å². The van der Waals surface area contributed by atoms with Crippen LogP contribution in [0.4, 0.5) is 4.39 Å². The molecule has 1 aliphatic heterocycles. The van der Waals surface area contributed by atoms with Crippen LogP contribution in [0.2, 0.25) is 0 Å². The van der Waals surface area contributed by atoms with Gasteiger partial charge in [0.2, 0.25) is 5.91 Å². The van der Waals surface area contributed by atoms with Gasteiger partial charge < -0.3 is 10.0 Å². The minimum atomic E-state index is -0.799. The zero-order valence-corrected chi connectivity index (χ0v) is 14.4. The third kappa shape index (κ3) is 4.54. The number of carbonyl (C=O) groups is 2. The van der Waals surface area contributed by atoms with E-state index in [0.29, 0.717) is 13.0 Å². The van der Waals surface area contributed by atoms with E-state index >= 15 is 0 Å². The zero-order valence-electron chi connectivity index (χ0n) is 14.4. The Hall–Kier alpha value is -1.95. The first-order valence-electron chi connectivity index (χ1n) is 8.24. The third-order valence-corrected chi connectivity index (χ3v) is 4.77. The molecular weight excluding hydrogens is 311 g/mol. The smallest absolute Gasteiger partial charge is 0.307 e. The Morgan fingerprint density at radius 1 is 1.33 bits per heavy atom. The van der Waals surface area contributed by atoms with Crippen molar-refractivity contribution in [3.05, 3.63) is 35.6 Å². The fraction of sp³-hybridized carbons (Fsp3) is 0.556. The van der Waals surface area contributed by atoms with Crippen molar-refractivity contribution in [2.45, 2.75) is 26.3 Å². The summed E-state index contributed by atoms with van der Waals surface area (Å²) in [5.74, 6) is -1.33. The number of hydrogen-bond acceptors (Lipinski definition) is 3. The van der Waals surface area contributed by atoms with Gasteiger partial charge in [-0.25, -0.2) is 4.39 Å². The van der Waals surface area contributed by atoms with Gasteiger partial charge in [-0.05, 0) is 37.0 Å². The fourth-order valence-corrected chi connectivity index (χ4v) is 3.25. The van der Waals surface area contributed by atoms with Gasteiger partial charge in [-0.1, -0.05) is 19.1 Å². The monoisotopic (exact) mass is 336 g/mol. The Morgan fingerprint density at radius 3 is 2.54 bits per heavy atom. The molecule has 24 heavy (non-hydrogen) atoms. The Balaban J connectivity index is 1.97. The summed E-state index contributed by atoms with van der Waals surface area (Å²) < 4.78 is 13.0. The number of rotatable bonds is 5. The topological polar surface area (TPSA) is 60.9 Å². The van der Waals surface area contributed by atoms with Crippen LogP contribution < -0.4 is 0 Å². The van der Waals surface area contributed by atoms with E-state index < -0.39 is 11.9 Å². The number of nitrogens with zero attached hydrogens (tertiary/aromatic N) is 2. The van der Waals surface area contributed by atoms with Crippen molar-refractivity contribution in [2.24, 2.45) is 11.8 Å². The number of amides is 1. The van der Waals surface area contributed by atoms with Crippen LogP contribution in [0, 0.1) is 17.7 Å². The molecule has 1 aliphatic rings. The molecule has 0 aromatic heterocycles. The van der Waals surface area contributed by atoms with Crippen LogP contribution in [0.1, 0.15) is 31.9 Å².